The van der Waals surface area contributed by atoms with Crippen molar-refractivity contribution in [1.29, 1.82) is 5.26 Å². The van der Waals surface area contributed by atoms with E-state index in [4.69, 9.17) is 4.74 Å². The van der Waals surface area contributed by atoms with Gasteiger partial charge >= 0.3 is 0 Å². The Bertz CT molecular complexity index is 840. The van der Waals surface area contributed by atoms with E-state index >= 15 is 0 Å². The molecule has 0 aromatic heterocycles. The van der Waals surface area contributed by atoms with Crippen LogP contribution in [0.3, 0.4) is 0 Å². The summed E-state index contributed by atoms with van der Waals surface area (Å²) >= 11 is 0. The molecule has 0 aliphatic heterocycles. The number of ether oxygens (including phenoxy) is 1. The van der Waals surface area contributed by atoms with Gasteiger partial charge in [-0.2, -0.15) is 5.26 Å². The predicted molar refractivity (Wildman–Crippen MR) is 99.8 cm³/mol. The molecule has 1 unspecified atom stereocenters. The van der Waals surface area contributed by atoms with Crippen LogP contribution in [0.25, 0.3) is 0 Å². The van der Waals surface area contributed by atoms with Gasteiger partial charge < -0.3 is 15.4 Å². The highest BCUT2D eigenvalue weighted by atomic mass is 16.5. The van der Waals surface area contributed by atoms with Crippen LogP contribution >= 0.6 is 0 Å². The summed E-state index contributed by atoms with van der Waals surface area (Å²) in [5, 5.41) is 14.6. The van der Waals surface area contributed by atoms with E-state index in [1.165, 1.54) is 6.92 Å². The molecule has 0 spiro atoms. The molecule has 0 saturated heterocycles. The molecule has 0 heterocycles. The zero-order chi connectivity index (χ0) is 19.1. The molecule has 6 heteroatoms. The summed E-state index contributed by atoms with van der Waals surface area (Å²) < 4.78 is 5.82. The van der Waals surface area contributed by atoms with Gasteiger partial charge in [0.15, 0.2) is 6.10 Å². The van der Waals surface area contributed by atoms with Crippen molar-refractivity contribution >= 4 is 23.2 Å². The molecule has 1 atom stereocenters. The molecule has 0 aliphatic carbocycles. The molecular formula is C20H21N3O3. The second-order valence-electron chi connectivity index (χ2n) is 6.14. The molecule has 134 valence electrons. The molecule has 0 bridgehead atoms. The minimum atomic E-state index is -0.770. The van der Waals surface area contributed by atoms with Gasteiger partial charge in [-0.25, -0.2) is 0 Å². The molecule has 2 rings (SSSR count). The number of nitriles is 1. The molecule has 0 fully saturated rings. The standard InChI is InChI=1S/C20H21N3O3/c1-13(2)19(26-18-10-5-4-7-15(18)12-21)20(25)23-17-9-6-8-16(11-17)22-14(3)24/h4-11,13,19H,1-3H3,(H,22,24)(H,23,25). The molecule has 26 heavy (non-hydrogen) atoms. The lowest BCUT2D eigenvalue weighted by Crippen LogP contribution is -2.37. The first-order valence-corrected chi connectivity index (χ1v) is 8.25. The Kier molecular flexibility index (Phi) is 6.34. The maximum Gasteiger partial charge on any atom is 0.265 e. The largest absolute Gasteiger partial charge is 0.479 e. The fourth-order valence-corrected chi connectivity index (χ4v) is 2.38. The number of rotatable bonds is 6. The van der Waals surface area contributed by atoms with Crippen LogP contribution in [0.15, 0.2) is 48.5 Å². The lowest BCUT2D eigenvalue weighted by Gasteiger charge is -2.22. The number of amides is 2. The number of carbonyl (C=O) groups is 2. The SMILES string of the molecule is CC(=O)Nc1cccc(NC(=O)C(Oc2ccccc2C#N)C(C)C)c1. The Hall–Kier alpha value is -3.33. The quantitative estimate of drug-likeness (QED) is 0.832. The van der Waals surface area contributed by atoms with E-state index in [1.807, 2.05) is 13.8 Å². The van der Waals surface area contributed by atoms with Crippen LogP contribution in [0.4, 0.5) is 11.4 Å². The fraction of sp³-hybridized carbons (Fsp3) is 0.250. The summed E-state index contributed by atoms with van der Waals surface area (Å²) in [6.45, 7) is 5.15. The zero-order valence-corrected chi connectivity index (χ0v) is 14.9. The topological polar surface area (TPSA) is 91.2 Å². The van der Waals surface area contributed by atoms with E-state index in [0.29, 0.717) is 22.7 Å². The van der Waals surface area contributed by atoms with Gasteiger partial charge in [0.1, 0.15) is 11.8 Å². The average Bonchev–Trinajstić information content (AvgIpc) is 2.59. The summed E-state index contributed by atoms with van der Waals surface area (Å²) in [5.41, 5.74) is 1.51. The molecular weight excluding hydrogens is 330 g/mol. The molecule has 2 aromatic carbocycles. The first-order valence-electron chi connectivity index (χ1n) is 8.25. The molecule has 0 saturated carbocycles. The summed E-state index contributed by atoms with van der Waals surface area (Å²) in [7, 11) is 0. The molecule has 0 aliphatic rings. The summed E-state index contributed by atoms with van der Waals surface area (Å²) in [6, 6.07) is 15.7. The van der Waals surface area contributed by atoms with Crippen LogP contribution in [-0.4, -0.2) is 17.9 Å². The van der Waals surface area contributed by atoms with Gasteiger partial charge in [0.25, 0.3) is 5.91 Å². The van der Waals surface area contributed by atoms with Gasteiger partial charge in [-0.15, -0.1) is 0 Å². The van der Waals surface area contributed by atoms with Crippen molar-refractivity contribution in [3.05, 3.63) is 54.1 Å². The number of anilines is 2. The van der Waals surface area contributed by atoms with Gasteiger partial charge in [0.2, 0.25) is 5.91 Å². The zero-order valence-electron chi connectivity index (χ0n) is 14.9. The van der Waals surface area contributed by atoms with Crippen LogP contribution < -0.4 is 15.4 Å². The van der Waals surface area contributed by atoms with E-state index < -0.39 is 6.10 Å². The van der Waals surface area contributed by atoms with Gasteiger partial charge in [-0.05, 0) is 36.2 Å². The smallest absolute Gasteiger partial charge is 0.265 e. The first kappa shape index (κ1) is 19.0. The first-order chi connectivity index (χ1) is 12.4. The van der Waals surface area contributed by atoms with Crippen molar-refractivity contribution in [2.75, 3.05) is 10.6 Å². The summed E-state index contributed by atoms with van der Waals surface area (Å²) in [5.74, 6) is -0.256. The number of para-hydroxylation sites is 1. The summed E-state index contributed by atoms with van der Waals surface area (Å²) in [6.07, 6.45) is -0.770. The highest BCUT2D eigenvalue weighted by Gasteiger charge is 2.25. The number of hydrogen-bond donors (Lipinski definition) is 2. The van der Waals surface area contributed by atoms with Gasteiger partial charge in [0, 0.05) is 18.3 Å². The Morgan fingerprint density at radius 3 is 2.31 bits per heavy atom. The van der Waals surface area contributed by atoms with Crippen LogP contribution in [0.1, 0.15) is 26.3 Å². The Labute approximate surface area is 152 Å². The van der Waals surface area contributed by atoms with Crippen LogP contribution in [-0.2, 0) is 9.59 Å². The third-order valence-corrected chi connectivity index (χ3v) is 3.58. The van der Waals surface area contributed by atoms with E-state index in [1.54, 1.807) is 48.5 Å². The molecule has 0 radical (unpaired) electrons. The van der Waals surface area contributed by atoms with Crippen molar-refractivity contribution in [2.45, 2.75) is 26.9 Å². The fourth-order valence-electron chi connectivity index (χ4n) is 2.38. The van der Waals surface area contributed by atoms with Crippen molar-refractivity contribution in [3.8, 4) is 11.8 Å². The van der Waals surface area contributed by atoms with Crippen LogP contribution in [0.2, 0.25) is 0 Å². The van der Waals surface area contributed by atoms with E-state index in [2.05, 4.69) is 16.7 Å². The van der Waals surface area contributed by atoms with E-state index in [-0.39, 0.29) is 17.7 Å². The van der Waals surface area contributed by atoms with Gasteiger partial charge in [0.05, 0.1) is 5.56 Å². The van der Waals surface area contributed by atoms with Gasteiger partial charge in [-0.1, -0.05) is 32.0 Å². The minimum absolute atomic E-state index is 0.111. The third kappa shape index (κ3) is 5.08. The molecule has 6 nitrogen and oxygen atoms in total. The minimum Gasteiger partial charge on any atom is -0.479 e. The molecule has 2 N–H and O–H groups in total. The average molecular weight is 351 g/mol. The van der Waals surface area contributed by atoms with Crippen molar-refractivity contribution in [3.63, 3.8) is 0 Å². The maximum absolute atomic E-state index is 12.7. The van der Waals surface area contributed by atoms with E-state index in [0.717, 1.165) is 0 Å². The Morgan fingerprint density at radius 2 is 1.69 bits per heavy atom. The normalized spacial score (nSPS) is 11.3. The lowest BCUT2D eigenvalue weighted by atomic mass is 10.1. The maximum atomic E-state index is 12.7. The number of nitrogens with zero attached hydrogens (tertiary/aromatic N) is 1. The Morgan fingerprint density at radius 1 is 1.04 bits per heavy atom. The lowest BCUT2D eigenvalue weighted by molar-refractivity contribution is -0.124. The predicted octanol–water partition coefficient (Wildman–Crippen LogP) is 3.56. The number of nitrogens with one attached hydrogen (secondary N) is 2. The number of hydrogen-bond acceptors (Lipinski definition) is 4. The number of carbonyl (C=O) groups excluding carboxylic acids is 2. The van der Waals surface area contributed by atoms with Crippen molar-refractivity contribution in [1.82, 2.24) is 0 Å². The monoisotopic (exact) mass is 351 g/mol. The van der Waals surface area contributed by atoms with Crippen molar-refractivity contribution in [2.24, 2.45) is 5.92 Å². The number of benzene rings is 2. The Balaban J connectivity index is 2.16. The van der Waals surface area contributed by atoms with Crippen LogP contribution in [0.5, 0.6) is 5.75 Å². The second kappa shape index (κ2) is 8.67. The highest BCUT2D eigenvalue weighted by molar-refractivity contribution is 5.96. The second-order valence-corrected chi connectivity index (χ2v) is 6.14. The van der Waals surface area contributed by atoms with Crippen molar-refractivity contribution < 1.29 is 14.3 Å². The molecule has 2 amide bonds. The van der Waals surface area contributed by atoms with Crippen LogP contribution in [0, 0.1) is 17.2 Å². The molecule has 2 aromatic rings. The highest BCUT2D eigenvalue weighted by Crippen LogP contribution is 2.22. The van der Waals surface area contributed by atoms with E-state index in [9.17, 15) is 14.9 Å². The summed E-state index contributed by atoms with van der Waals surface area (Å²) in [4.78, 5) is 23.8. The van der Waals surface area contributed by atoms with Gasteiger partial charge in [-0.3, -0.25) is 9.59 Å². The third-order valence-electron chi connectivity index (χ3n) is 3.58.